The third-order valence-electron chi connectivity index (χ3n) is 18.4. The number of benzene rings is 13. The third-order valence-corrected chi connectivity index (χ3v) is 18.4. The van der Waals surface area contributed by atoms with Crippen LogP contribution in [0.2, 0.25) is 0 Å². The maximum absolute atomic E-state index is 2.64. The van der Waals surface area contributed by atoms with Crippen LogP contribution in [0.3, 0.4) is 0 Å². The van der Waals surface area contributed by atoms with Crippen molar-refractivity contribution in [2.75, 3.05) is 9.80 Å². The average Bonchev–Trinajstić information content (AvgIpc) is 1.19. The van der Waals surface area contributed by atoms with Gasteiger partial charge in [-0.05, 0) is 146 Å². The Bertz CT molecular complexity index is 4790. The van der Waals surface area contributed by atoms with Crippen molar-refractivity contribution in [3.05, 3.63) is 309 Å². The molecule has 87 heavy (non-hydrogen) atoms. The predicted molar refractivity (Wildman–Crippen MR) is 370 cm³/mol. The summed E-state index contributed by atoms with van der Waals surface area (Å²) in [5.74, 6) is 0. The third kappa shape index (κ3) is 8.07. The summed E-state index contributed by atoms with van der Waals surface area (Å²) in [5.41, 5.74) is 27.9. The Morgan fingerprint density at radius 1 is 0.264 bits per heavy atom. The topological polar surface area (TPSA) is 16.3 Å². The number of fused-ring (bicyclic) bond motifs is 10. The summed E-state index contributed by atoms with van der Waals surface area (Å²) in [7, 11) is 0. The lowest BCUT2D eigenvalue weighted by Crippen LogP contribution is -2.61. The number of hydrogen-bond acceptors (Lipinski definition) is 2. The number of para-hydroxylation sites is 4. The van der Waals surface area contributed by atoms with Crippen LogP contribution in [0.5, 0.6) is 0 Å². The van der Waals surface area contributed by atoms with Crippen LogP contribution in [-0.2, 0) is 5.41 Å². The highest BCUT2D eigenvalue weighted by Gasteiger charge is 2.45. The van der Waals surface area contributed by atoms with Crippen LogP contribution in [0.25, 0.3) is 99.5 Å². The van der Waals surface area contributed by atoms with E-state index in [1.807, 2.05) is 0 Å². The molecule has 0 N–H and O–H groups in total. The Morgan fingerprint density at radius 3 is 0.954 bits per heavy atom. The molecule has 0 unspecified atom stereocenters. The molecular weight excluding hydrogens is 1050 g/mol. The van der Waals surface area contributed by atoms with E-state index in [4.69, 9.17) is 0 Å². The molecule has 0 spiro atoms. The lowest BCUT2D eigenvalue weighted by molar-refractivity contribution is 0.590. The number of anilines is 6. The van der Waals surface area contributed by atoms with Crippen molar-refractivity contribution in [1.29, 1.82) is 0 Å². The van der Waals surface area contributed by atoms with E-state index in [0.29, 0.717) is 0 Å². The fourth-order valence-electron chi connectivity index (χ4n) is 14.4. The lowest BCUT2D eigenvalue weighted by Gasteiger charge is -2.46. The van der Waals surface area contributed by atoms with E-state index in [-0.39, 0.29) is 12.1 Å². The summed E-state index contributed by atoms with van der Waals surface area (Å²) >= 11 is 0. The van der Waals surface area contributed by atoms with Gasteiger partial charge >= 0.3 is 0 Å². The minimum Gasteiger partial charge on any atom is -0.311 e. The van der Waals surface area contributed by atoms with Gasteiger partial charge in [-0.1, -0.05) is 239 Å². The van der Waals surface area contributed by atoms with E-state index in [9.17, 15) is 0 Å². The van der Waals surface area contributed by atoms with Gasteiger partial charge in [0.25, 0.3) is 6.71 Å². The highest BCUT2D eigenvalue weighted by atomic mass is 15.2. The molecule has 0 saturated carbocycles. The van der Waals surface area contributed by atoms with Crippen molar-refractivity contribution < 1.29 is 0 Å². The number of rotatable bonds is 8. The Kier molecular flexibility index (Phi) is 11.6. The van der Waals surface area contributed by atoms with Crippen LogP contribution in [0.15, 0.2) is 303 Å². The standard InChI is InChI=1S/C82H59BN4/c1-82(2,3)60-50-79-81-80(51-60)87(76-47-41-59(55-26-10-5-11-27-55)49-68(76)57-30-14-7-15-31-57)78-53-62(85-73-38-22-18-34-65(73)66-35-19-23-39-74(66)85)43-45-70(78)83(81)69-44-42-61(84-71-36-20-16-32-63(71)64-33-17-21-37-72(64)84)52-77(69)86(79)75-46-40-58(54-24-8-4-9-25-54)48-67(75)56-28-12-6-13-29-56/h4-53H,1-3H3. The lowest BCUT2D eigenvalue weighted by atomic mass is 9.33. The average molecular weight is 1110 g/mol. The SMILES string of the molecule is CC(C)(C)c1cc2c3c(c1)N(c1ccc(-c4ccccc4)cc1-c1ccccc1)c1cc(-n4c5ccccc5c5ccccc54)ccc1B3c1ccc(-n3c4ccccc4c4ccccc43)cc1N2c1ccc(-c2ccccc2)cc1-c1ccccc1. The predicted octanol–water partition coefficient (Wildman–Crippen LogP) is 19.9. The zero-order valence-electron chi connectivity index (χ0n) is 48.7. The molecule has 2 aliphatic heterocycles. The molecule has 15 aromatic rings. The number of nitrogens with zero attached hydrogens (tertiary/aromatic N) is 4. The Labute approximate surface area is 507 Å². The van der Waals surface area contributed by atoms with Crippen molar-refractivity contribution in [1.82, 2.24) is 9.13 Å². The van der Waals surface area contributed by atoms with Gasteiger partial charge in [0.1, 0.15) is 0 Å². The van der Waals surface area contributed by atoms with Gasteiger partial charge in [0, 0.05) is 66.8 Å². The van der Waals surface area contributed by atoms with Crippen molar-refractivity contribution in [3.8, 4) is 55.9 Å². The van der Waals surface area contributed by atoms with Gasteiger partial charge < -0.3 is 18.9 Å². The van der Waals surface area contributed by atoms with Gasteiger partial charge in [-0.2, -0.15) is 0 Å². The monoisotopic (exact) mass is 1110 g/mol. The highest BCUT2D eigenvalue weighted by molar-refractivity contribution is 7.00. The van der Waals surface area contributed by atoms with E-state index in [1.165, 1.54) is 99.2 Å². The molecule has 0 aliphatic carbocycles. The molecular formula is C82H59BN4. The van der Waals surface area contributed by atoms with E-state index < -0.39 is 0 Å². The first kappa shape index (κ1) is 50.6. The number of hydrogen-bond donors (Lipinski definition) is 0. The van der Waals surface area contributed by atoms with Crippen LogP contribution < -0.4 is 26.2 Å². The van der Waals surface area contributed by atoms with E-state index >= 15 is 0 Å². The summed E-state index contributed by atoms with van der Waals surface area (Å²) < 4.78 is 4.95. The van der Waals surface area contributed by atoms with Crippen LogP contribution in [0.4, 0.5) is 34.1 Å². The van der Waals surface area contributed by atoms with Crippen LogP contribution >= 0.6 is 0 Å². The Hall–Kier alpha value is -10.9. The molecule has 5 heteroatoms. The van der Waals surface area contributed by atoms with Gasteiger partial charge in [0.05, 0.1) is 33.4 Å². The molecule has 4 heterocycles. The van der Waals surface area contributed by atoms with Gasteiger partial charge in [0.2, 0.25) is 0 Å². The van der Waals surface area contributed by atoms with Crippen molar-refractivity contribution >= 4 is 101 Å². The Morgan fingerprint density at radius 2 is 0.598 bits per heavy atom. The van der Waals surface area contributed by atoms with Crippen LogP contribution in [-0.4, -0.2) is 15.8 Å². The molecule has 2 aromatic heterocycles. The molecule has 410 valence electrons. The first-order chi connectivity index (χ1) is 42.8. The van der Waals surface area contributed by atoms with Gasteiger partial charge in [-0.3, -0.25) is 0 Å². The van der Waals surface area contributed by atoms with Gasteiger partial charge in [0.15, 0.2) is 0 Å². The molecule has 0 radical (unpaired) electrons. The summed E-state index contributed by atoms with van der Waals surface area (Å²) in [6.45, 7) is 6.95. The quantitative estimate of drug-likeness (QED) is 0.141. The summed E-state index contributed by atoms with van der Waals surface area (Å²) in [6.07, 6.45) is 0. The second-order valence-corrected chi connectivity index (χ2v) is 24.4. The van der Waals surface area contributed by atoms with Crippen LogP contribution in [0.1, 0.15) is 26.3 Å². The smallest absolute Gasteiger partial charge is 0.252 e. The van der Waals surface area contributed by atoms with Crippen molar-refractivity contribution in [2.45, 2.75) is 26.2 Å². The van der Waals surface area contributed by atoms with Crippen LogP contribution in [0, 0.1) is 0 Å². The first-order valence-electron chi connectivity index (χ1n) is 30.4. The highest BCUT2D eigenvalue weighted by Crippen LogP contribution is 2.52. The minimum atomic E-state index is -0.257. The maximum atomic E-state index is 2.64. The Balaban J connectivity index is 1.01. The summed E-state index contributed by atoms with van der Waals surface area (Å²) in [5, 5.41) is 4.95. The molecule has 17 rings (SSSR count). The van der Waals surface area contributed by atoms with E-state index in [1.54, 1.807) is 0 Å². The molecule has 13 aromatic carbocycles. The van der Waals surface area contributed by atoms with E-state index in [0.717, 1.165) is 56.4 Å². The summed E-state index contributed by atoms with van der Waals surface area (Å²) in [4.78, 5) is 5.28. The zero-order valence-corrected chi connectivity index (χ0v) is 48.7. The van der Waals surface area contributed by atoms with Gasteiger partial charge in [-0.25, -0.2) is 0 Å². The first-order valence-corrected chi connectivity index (χ1v) is 30.4. The fraction of sp³-hybridized carbons (Fsp3) is 0.0488. The molecule has 4 nitrogen and oxygen atoms in total. The molecule has 0 bridgehead atoms. The normalized spacial score (nSPS) is 12.7. The number of aromatic nitrogens is 2. The van der Waals surface area contributed by atoms with E-state index in [2.05, 4.69) is 343 Å². The maximum Gasteiger partial charge on any atom is 0.252 e. The fourth-order valence-corrected chi connectivity index (χ4v) is 14.4. The molecule has 0 saturated heterocycles. The summed E-state index contributed by atoms with van der Waals surface area (Å²) in [6, 6.07) is 113. The molecule has 0 amide bonds. The largest absolute Gasteiger partial charge is 0.311 e. The van der Waals surface area contributed by atoms with Gasteiger partial charge in [-0.15, -0.1) is 0 Å². The van der Waals surface area contributed by atoms with Crippen molar-refractivity contribution in [3.63, 3.8) is 0 Å². The zero-order chi connectivity index (χ0) is 57.9. The molecule has 2 aliphatic rings. The minimum absolute atomic E-state index is 0.159. The molecule has 0 atom stereocenters. The molecule has 0 fully saturated rings. The second kappa shape index (κ2) is 19.9. The second-order valence-electron chi connectivity index (χ2n) is 24.4. The van der Waals surface area contributed by atoms with Crippen molar-refractivity contribution in [2.24, 2.45) is 0 Å².